The summed E-state index contributed by atoms with van der Waals surface area (Å²) in [5.41, 5.74) is 0.602. The molecule has 2 aliphatic heterocycles. The molecule has 1 aromatic carbocycles. The van der Waals surface area contributed by atoms with Crippen LogP contribution in [0, 0.1) is 0 Å². The maximum absolute atomic E-state index is 12.2. The van der Waals surface area contributed by atoms with Crippen LogP contribution in [0.3, 0.4) is 0 Å². The minimum atomic E-state index is -0.687. The standard InChI is InChI=1S/C14H11N3O4/c18-10-7-13(19)17(14(10)16-5-1-4-15-16)9-2-3-11-12(6-9)21-8-20-11/h1-7,14,18H,8H2. The summed E-state index contributed by atoms with van der Waals surface area (Å²) in [6, 6.07) is 6.92. The molecular weight excluding hydrogens is 274 g/mol. The monoisotopic (exact) mass is 285 g/mol. The van der Waals surface area contributed by atoms with Crippen molar-refractivity contribution in [2.75, 3.05) is 11.7 Å². The van der Waals surface area contributed by atoms with Gasteiger partial charge in [0, 0.05) is 24.5 Å². The van der Waals surface area contributed by atoms with Crippen molar-refractivity contribution in [3.8, 4) is 11.5 Å². The maximum Gasteiger partial charge on any atom is 0.256 e. The van der Waals surface area contributed by atoms with Crippen molar-refractivity contribution in [3.63, 3.8) is 0 Å². The molecule has 7 nitrogen and oxygen atoms in total. The molecular formula is C14H11N3O4. The first-order valence-corrected chi connectivity index (χ1v) is 6.36. The van der Waals surface area contributed by atoms with Gasteiger partial charge in [-0.2, -0.15) is 5.10 Å². The summed E-state index contributed by atoms with van der Waals surface area (Å²) in [7, 11) is 0. The minimum absolute atomic E-state index is 0.0543. The van der Waals surface area contributed by atoms with Gasteiger partial charge >= 0.3 is 0 Å². The molecule has 7 heteroatoms. The van der Waals surface area contributed by atoms with Gasteiger partial charge in [-0.25, -0.2) is 4.68 Å². The molecule has 106 valence electrons. The number of aliphatic hydroxyl groups excluding tert-OH is 1. The smallest absolute Gasteiger partial charge is 0.256 e. The van der Waals surface area contributed by atoms with Gasteiger partial charge in [-0.15, -0.1) is 0 Å². The van der Waals surface area contributed by atoms with E-state index in [9.17, 15) is 9.90 Å². The van der Waals surface area contributed by atoms with Gasteiger partial charge in [-0.1, -0.05) is 0 Å². The van der Waals surface area contributed by atoms with Crippen LogP contribution in [-0.2, 0) is 4.79 Å². The average Bonchev–Trinajstić information content (AvgIpc) is 3.17. The average molecular weight is 285 g/mol. The number of ether oxygens (including phenoxy) is 2. The van der Waals surface area contributed by atoms with Crippen LogP contribution >= 0.6 is 0 Å². The van der Waals surface area contributed by atoms with Crippen LogP contribution in [-0.4, -0.2) is 27.6 Å². The van der Waals surface area contributed by atoms with Crippen LogP contribution in [0.2, 0.25) is 0 Å². The number of hydrogen-bond acceptors (Lipinski definition) is 5. The number of aliphatic hydroxyl groups is 1. The third kappa shape index (κ3) is 1.74. The molecule has 0 spiro atoms. The molecule has 1 aromatic heterocycles. The Morgan fingerprint density at radius 2 is 2.14 bits per heavy atom. The van der Waals surface area contributed by atoms with Gasteiger partial charge in [0.25, 0.3) is 5.91 Å². The molecule has 0 radical (unpaired) electrons. The second-order valence-electron chi connectivity index (χ2n) is 4.67. The van der Waals surface area contributed by atoms with Gasteiger partial charge in [-0.3, -0.25) is 9.69 Å². The molecule has 1 unspecified atom stereocenters. The van der Waals surface area contributed by atoms with Gasteiger partial charge in [0.15, 0.2) is 17.7 Å². The topological polar surface area (TPSA) is 76.8 Å². The van der Waals surface area contributed by atoms with E-state index in [1.54, 1.807) is 36.7 Å². The van der Waals surface area contributed by atoms with E-state index in [1.165, 1.54) is 15.7 Å². The summed E-state index contributed by atoms with van der Waals surface area (Å²) in [5.74, 6) is 0.845. The summed E-state index contributed by atoms with van der Waals surface area (Å²) in [5, 5.41) is 14.1. The molecule has 0 bridgehead atoms. The van der Waals surface area contributed by atoms with Gasteiger partial charge in [0.05, 0.1) is 5.69 Å². The van der Waals surface area contributed by atoms with Crippen molar-refractivity contribution in [3.05, 3.63) is 48.5 Å². The van der Waals surface area contributed by atoms with Crippen molar-refractivity contribution in [2.24, 2.45) is 0 Å². The van der Waals surface area contributed by atoms with E-state index in [2.05, 4.69) is 5.10 Å². The number of nitrogens with zero attached hydrogens (tertiary/aromatic N) is 3. The van der Waals surface area contributed by atoms with Crippen LogP contribution in [0.25, 0.3) is 0 Å². The van der Waals surface area contributed by atoms with Crippen LogP contribution in [0.1, 0.15) is 6.17 Å². The van der Waals surface area contributed by atoms with Crippen LogP contribution < -0.4 is 14.4 Å². The van der Waals surface area contributed by atoms with E-state index in [-0.39, 0.29) is 18.5 Å². The lowest BCUT2D eigenvalue weighted by Crippen LogP contribution is -2.33. The van der Waals surface area contributed by atoms with Crippen molar-refractivity contribution in [2.45, 2.75) is 6.17 Å². The quantitative estimate of drug-likeness (QED) is 0.907. The second-order valence-corrected chi connectivity index (χ2v) is 4.67. The fourth-order valence-electron chi connectivity index (χ4n) is 2.51. The zero-order valence-electron chi connectivity index (χ0n) is 10.8. The molecule has 2 aromatic rings. The summed E-state index contributed by atoms with van der Waals surface area (Å²) < 4.78 is 12.1. The van der Waals surface area contributed by atoms with Crippen LogP contribution in [0.5, 0.6) is 11.5 Å². The van der Waals surface area contributed by atoms with Gasteiger partial charge in [-0.05, 0) is 18.2 Å². The number of aromatic nitrogens is 2. The summed E-state index contributed by atoms with van der Waals surface area (Å²) >= 11 is 0. The summed E-state index contributed by atoms with van der Waals surface area (Å²) in [6.45, 7) is 0.165. The van der Waals surface area contributed by atoms with Gasteiger partial charge in [0.2, 0.25) is 6.79 Å². The molecule has 2 aliphatic rings. The van der Waals surface area contributed by atoms with E-state index in [4.69, 9.17) is 9.47 Å². The fourth-order valence-corrected chi connectivity index (χ4v) is 2.51. The number of anilines is 1. The Hall–Kier alpha value is -2.96. The molecule has 0 saturated carbocycles. The first-order valence-electron chi connectivity index (χ1n) is 6.36. The number of fused-ring (bicyclic) bond motifs is 1. The second kappa shape index (κ2) is 4.27. The third-order valence-electron chi connectivity index (χ3n) is 3.43. The largest absolute Gasteiger partial charge is 0.508 e. The number of carbonyl (C=O) groups excluding carboxylic acids is 1. The molecule has 1 amide bonds. The van der Waals surface area contributed by atoms with Gasteiger partial charge < -0.3 is 14.6 Å². The van der Waals surface area contributed by atoms with E-state index in [0.29, 0.717) is 17.2 Å². The summed E-state index contributed by atoms with van der Waals surface area (Å²) in [6.07, 6.45) is 3.78. The Morgan fingerprint density at radius 3 is 2.95 bits per heavy atom. The molecule has 3 heterocycles. The van der Waals surface area contributed by atoms with Crippen molar-refractivity contribution in [1.82, 2.24) is 9.78 Å². The Labute approximate surface area is 119 Å². The number of rotatable bonds is 2. The molecule has 1 atom stereocenters. The Bertz CT molecular complexity index is 739. The molecule has 4 rings (SSSR count). The highest BCUT2D eigenvalue weighted by atomic mass is 16.7. The molecule has 0 fully saturated rings. The zero-order valence-corrected chi connectivity index (χ0v) is 10.8. The van der Waals surface area contributed by atoms with Gasteiger partial charge in [0.1, 0.15) is 5.76 Å². The predicted molar refractivity (Wildman–Crippen MR) is 72.0 cm³/mol. The number of carbonyl (C=O) groups is 1. The van der Waals surface area contributed by atoms with E-state index in [0.717, 1.165) is 0 Å². The van der Waals surface area contributed by atoms with Crippen molar-refractivity contribution < 1.29 is 19.4 Å². The van der Waals surface area contributed by atoms with E-state index >= 15 is 0 Å². The highest BCUT2D eigenvalue weighted by molar-refractivity contribution is 6.05. The maximum atomic E-state index is 12.2. The highest BCUT2D eigenvalue weighted by Crippen LogP contribution is 2.39. The lowest BCUT2D eigenvalue weighted by molar-refractivity contribution is -0.114. The Morgan fingerprint density at radius 1 is 1.29 bits per heavy atom. The number of amides is 1. The van der Waals surface area contributed by atoms with Crippen molar-refractivity contribution in [1.29, 1.82) is 0 Å². The first kappa shape index (κ1) is 11.8. The molecule has 0 saturated heterocycles. The SMILES string of the molecule is O=C1C=C(O)C(n2cccn2)N1c1ccc2c(c1)OCO2. The minimum Gasteiger partial charge on any atom is -0.508 e. The zero-order chi connectivity index (χ0) is 14.4. The Balaban J connectivity index is 1.77. The third-order valence-corrected chi connectivity index (χ3v) is 3.43. The summed E-state index contributed by atoms with van der Waals surface area (Å²) in [4.78, 5) is 13.6. The highest BCUT2D eigenvalue weighted by Gasteiger charge is 2.36. The first-order chi connectivity index (χ1) is 10.2. The molecule has 21 heavy (non-hydrogen) atoms. The molecule has 1 N–H and O–H groups in total. The number of benzene rings is 1. The lowest BCUT2D eigenvalue weighted by atomic mass is 10.2. The van der Waals surface area contributed by atoms with Crippen LogP contribution in [0.4, 0.5) is 5.69 Å². The number of hydrogen-bond donors (Lipinski definition) is 1. The van der Waals surface area contributed by atoms with E-state index < -0.39 is 6.17 Å². The predicted octanol–water partition coefficient (Wildman–Crippen LogP) is 1.60. The fraction of sp³-hybridized carbons (Fsp3) is 0.143. The lowest BCUT2D eigenvalue weighted by Gasteiger charge is -2.25. The van der Waals surface area contributed by atoms with E-state index in [1.807, 2.05) is 0 Å². The van der Waals surface area contributed by atoms with Crippen LogP contribution in [0.15, 0.2) is 48.5 Å². The Kier molecular flexibility index (Phi) is 2.41. The normalized spacial score (nSPS) is 20.0. The van der Waals surface area contributed by atoms with Crippen molar-refractivity contribution >= 4 is 11.6 Å². The molecule has 0 aliphatic carbocycles.